The smallest absolute Gasteiger partial charge is 0.0500 e. The van der Waals surface area contributed by atoms with Crippen LogP contribution in [0.2, 0.25) is 5.02 Å². The zero-order chi connectivity index (χ0) is 14.0. The molecule has 0 saturated carbocycles. The molecule has 19 heavy (non-hydrogen) atoms. The summed E-state index contributed by atoms with van der Waals surface area (Å²) in [6.07, 6.45) is 0. The van der Waals surface area contributed by atoms with Crippen LogP contribution in [0.25, 0.3) is 0 Å². The highest BCUT2D eigenvalue weighted by Crippen LogP contribution is 2.29. The van der Waals surface area contributed by atoms with Gasteiger partial charge in [-0.1, -0.05) is 33.6 Å². The minimum absolute atomic E-state index is 0.166. The molecule has 0 saturated heterocycles. The molecular formula is C15H14BrClIN. The average molecular weight is 451 g/mol. The summed E-state index contributed by atoms with van der Waals surface area (Å²) in [5.41, 5.74) is 3.49. The summed E-state index contributed by atoms with van der Waals surface area (Å²) in [6.45, 7) is 4.23. The quantitative estimate of drug-likeness (QED) is 0.550. The Labute approximate surface area is 141 Å². The molecule has 0 aliphatic heterocycles. The summed E-state index contributed by atoms with van der Waals surface area (Å²) in [4.78, 5) is 0. The van der Waals surface area contributed by atoms with Crippen LogP contribution < -0.4 is 5.32 Å². The first kappa shape index (κ1) is 15.1. The third-order valence-electron chi connectivity index (χ3n) is 2.99. The molecule has 4 heteroatoms. The van der Waals surface area contributed by atoms with E-state index < -0.39 is 0 Å². The van der Waals surface area contributed by atoms with Crippen LogP contribution in [0.5, 0.6) is 0 Å². The fourth-order valence-corrected chi connectivity index (χ4v) is 3.44. The number of aryl methyl sites for hydroxylation is 1. The van der Waals surface area contributed by atoms with Gasteiger partial charge in [0.2, 0.25) is 0 Å². The van der Waals surface area contributed by atoms with Crippen molar-refractivity contribution in [2.45, 2.75) is 19.9 Å². The molecule has 2 aromatic rings. The molecule has 0 aliphatic rings. The zero-order valence-electron chi connectivity index (χ0n) is 10.7. The van der Waals surface area contributed by atoms with Crippen molar-refractivity contribution in [3.05, 3.63) is 60.6 Å². The molecule has 0 spiro atoms. The Bertz CT molecular complexity index is 601. The van der Waals surface area contributed by atoms with Crippen molar-refractivity contribution in [2.75, 3.05) is 5.32 Å². The molecule has 1 N–H and O–H groups in total. The predicted molar refractivity (Wildman–Crippen MR) is 95.1 cm³/mol. The van der Waals surface area contributed by atoms with Gasteiger partial charge in [0.1, 0.15) is 0 Å². The summed E-state index contributed by atoms with van der Waals surface area (Å²) in [5, 5.41) is 4.29. The van der Waals surface area contributed by atoms with E-state index in [2.05, 4.69) is 75.9 Å². The van der Waals surface area contributed by atoms with Crippen LogP contribution in [-0.2, 0) is 0 Å². The molecule has 1 atom stereocenters. The second kappa shape index (κ2) is 6.46. The van der Waals surface area contributed by atoms with Crippen molar-refractivity contribution in [3.8, 4) is 0 Å². The molecule has 0 bridgehead atoms. The molecule has 0 amide bonds. The van der Waals surface area contributed by atoms with Gasteiger partial charge in [0.15, 0.2) is 0 Å². The van der Waals surface area contributed by atoms with E-state index in [4.69, 9.17) is 11.6 Å². The first-order chi connectivity index (χ1) is 8.97. The maximum atomic E-state index is 6.28. The van der Waals surface area contributed by atoms with Gasteiger partial charge >= 0.3 is 0 Å². The molecular weight excluding hydrogens is 436 g/mol. The third kappa shape index (κ3) is 3.86. The molecule has 2 aromatic carbocycles. The maximum Gasteiger partial charge on any atom is 0.0500 e. The van der Waals surface area contributed by atoms with Gasteiger partial charge in [-0.15, -0.1) is 0 Å². The number of rotatable bonds is 3. The van der Waals surface area contributed by atoms with Crippen molar-refractivity contribution in [1.82, 2.24) is 0 Å². The monoisotopic (exact) mass is 449 g/mol. The van der Waals surface area contributed by atoms with Gasteiger partial charge in [-0.3, -0.25) is 0 Å². The van der Waals surface area contributed by atoms with Crippen molar-refractivity contribution >= 4 is 55.8 Å². The highest BCUT2D eigenvalue weighted by Gasteiger charge is 2.11. The molecule has 0 aliphatic carbocycles. The van der Waals surface area contributed by atoms with Crippen LogP contribution in [0.4, 0.5) is 5.69 Å². The molecule has 100 valence electrons. The molecule has 0 heterocycles. The van der Waals surface area contributed by atoms with Crippen LogP contribution in [0.15, 0.2) is 40.9 Å². The largest absolute Gasteiger partial charge is 0.378 e. The van der Waals surface area contributed by atoms with Crippen molar-refractivity contribution in [1.29, 1.82) is 0 Å². The van der Waals surface area contributed by atoms with Gasteiger partial charge in [0.05, 0.1) is 6.04 Å². The Morgan fingerprint density at radius 3 is 2.58 bits per heavy atom. The van der Waals surface area contributed by atoms with E-state index in [-0.39, 0.29) is 6.04 Å². The van der Waals surface area contributed by atoms with Crippen molar-refractivity contribution in [2.24, 2.45) is 0 Å². The molecule has 0 aromatic heterocycles. The summed E-state index contributed by atoms with van der Waals surface area (Å²) in [5.74, 6) is 0. The normalized spacial score (nSPS) is 12.3. The van der Waals surface area contributed by atoms with Crippen LogP contribution >= 0.6 is 50.1 Å². The van der Waals surface area contributed by atoms with Gasteiger partial charge in [-0.2, -0.15) is 0 Å². The van der Waals surface area contributed by atoms with E-state index >= 15 is 0 Å². The second-order valence-electron chi connectivity index (χ2n) is 4.49. The van der Waals surface area contributed by atoms with Gasteiger partial charge < -0.3 is 5.32 Å². The lowest BCUT2D eigenvalue weighted by molar-refractivity contribution is 0.882. The summed E-state index contributed by atoms with van der Waals surface area (Å²) in [7, 11) is 0. The lowest BCUT2D eigenvalue weighted by Crippen LogP contribution is -2.08. The minimum atomic E-state index is 0.166. The van der Waals surface area contributed by atoms with E-state index in [0.29, 0.717) is 0 Å². The van der Waals surface area contributed by atoms with E-state index in [1.54, 1.807) is 0 Å². The van der Waals surface area contributed by atoms with Gasteiger partial charge in [0.25, 0.3) is 0 Å². The fraction of sp³-hybridized carbons (Fsp3) is 0.200. The van der Waals surface area contributed by atoms with Crippen LogP contribution in [0.1, 0.15) is 24.1 Å². The van der Waals surface area contributed by atoms with Crippen LogP contribution in [-0.4, -0.2) is 0 Å². The molecule has 0 radical (unpaired) electrons. The Hall–Kier alpha value is -0.260. The number of anilines is 1. The number of hydrogen-bond acceptors (Lipinski definition) is 1. The standard InChI is InChI=1S/C15H14BrClIN/c1-9-7-12(18)4-6-15(9)19-10(2)13-5-3-11(16)8-14(13)17/h3-8,10,19H,1-2H3. The fourth-order valence-electron chi connectivity index (χ4n) is 1.95. The Morgan fingerprint density at radius 2 is 1.95 bits per heavy atom. The van der Waals surface area contributed by atoms with E-state index in [1.807, 2.05) is 18.2 Å². The molecule has 2 rings (SSSR count). The van der Waals surface area contributed by atoms with Crippen LogP contribution in [0.3, 0.4) is 0 Å². The van der Waals surface area contributed by atoms with Crippen molar-refractivity contribution < 1.29 is 0 Å². The Kier molecular flexibility index (Phi) is 5.15. The first-order valence-electron chi connectivity index (χ1n) is 5.95. The molecule has 1 unspecified atom stereocenters. The van der Waals surface area contributed by atoms with Gasteiger partial charge in [-0.25, -0.2) is 0 Å². The third-order valence-corrected chi connectivity index (χ3v) is 4.48. The number of hydrogen-bond donors (Lipinski definition) is 1. The average Bonchev–Trinajstić information content (AvgIpc) is 2.32. The number of halogens is 3. The lowest BCUT2D eigenvalue weighted by atomic mass is 10.1. The summed E-state index contributed by atoms with van der Waals surface area (Å²) < 4.78 is 2.24. The topological polar surface area (TPSA) is 12.0 Å². The maximum absolute atomic E-state index is 6.28. The minimum Gasteiger partial charge on any atom is -0.378 e. The van der Waals surface area contributed by atoms with Crippen molar-refractivity contribution in [3.63, 3.8) is 0 Å². The molecule has 1 nitrogen and oxygen atoms in total. The van der Waals surface area contributed by atoms with Gasteiger partial charge in [0, 0.05) is 18.8 Å². The van der Waals surface area contributed by atoms with Gasteiger partial charge in [-0.05, 0) is 77.9 Å². The Balaban J connectivity index is 2.23. The summed E-state index contributed by atoms with van der Waals surface area (Å²) >= 11 is 12.0. The zero-order valence-corrected chi connectivity index (χ0v) is 15.2. The van der Waals surface area contributed by atoms with E-state index in [9.17, 15) is 0 Å². The summed E-state index contributed by atoms with van der Waals surface area (Å²) in [6, 6.07) is 12.5. The number of benzene rings is 2. The number of nitrogens with one attached hydrogen (secondary N) is 1. The Morgan fingerprint density at radius 1 is 1.21 bits per heavy atom. The van der Waals surface area contributed by atoms with E-state index in [1.165, 1.54) is 9.13 Å². The highest BCUT2D eigenvalue weighted by molar-refractivity contribution is 14.1. The first-order valence-corrected chi connectivity index (χ1v) is 8.20. The molecule has 0 fully saturated rings. The SMILES string of the molecule is Cc1cc(I)ccc1NC(C)c1ccc(Br)cc1Cl. The second-order valence-corrected chi connectivity index (χ2v) is 7.06. The van der Waals surface area contributed by atoms with E-state index in [0.717, 1.165) is 20.7 Å². The predicted octanol–water partition coefficient (Wildman–Crippen LogP) is 6.19. The highest BCUT2D eigenvalue weighted by atomic mass is 127. The van der Waals surface area contributed by atoms with Crippen LogP contribution in [0, 0.1) is 10.5 Å². The lowest BCUT2D eigenvalue weighted by Gasteiger charge is -2.19.